The van der Waals surface area contributed by atoms with Crippen LogP contribution < -0.4 is 4.90 Å². The summed E-state index contributed by atoms with van der Waals surface area (Å²) in [5.41, 5.74) is 22.5. The number of aromatic nitrogens is 1. The number of hydrogen-bond donors (Lipinski definition) is 0. The lowest BCUT2D eigenvalue weighted by Crippen LogP contribution is -2.16. The standard InChI is InChI=1S/C60H46N2/c1-59(2)52-24-12-9-20-50(52)57-53(59)25-15-27-56(57)61(43-33-28-39(29-34-43)41-32-37-47-46-18-8-11-23-51(46)60(3,4)54(47)38-41)44-35-30-40(31-36-44)45-21-14-22-49-48-19-10-13-26-55(48)62(58(45)49)42-16-6-5-7-17-42/h5-38H,1-4H3. The average Bonchev–Trinajstić information content (AvgIpc) is 3.87. The van der Waals surface area contributed by atoms with Gasteiger partial charge in [-0.25, -0.2) is 0 Å². The van der Waals surface area contributed by atoms with Crippen LogP contribution in [-0.4, -0.2) is 4.57 Å². The van der Waals surface area contributed by atoms with Crippen molar-refractivity contribution in [3.8, 4) is 50.2 Å². The molecule has 0 aliphatic heterocycles. The second-order valence-corrected chi connectivity index (χ2v) is 18.1. The predicted octanol–water partition coefficient (Wildman–Crippen LogP) is 16.2. The largest absolute Gasteiger partial charge is 0.310 e. The quantitative estimate of drug-likeness (QED) is 0.163. The van der Waals surface area contributed by atoms with Crippen molar-refractivity contribution in [1.29, 1.82) is 0 Å². The van der Waals surface area contributed by atoms with Crippen LogP contribution in [-0.2, 0) is 10.8 Å². The lowest BCUT2D eigenvalue weighted by atomic mass is 9.81. The van der Waals surface area contributed by atoms with Crippen LogP contribution in [0.25, 0.3) is 72.0 Å². The molecule has 62 heavy (non-hydrogen) atoms. The van der Waals surface area contributed by atoms with Crippen LogP contribution in [0, 0.1) is 0 Å². The Hall–Kier alpha value is -7.42. The predicted molar refractivity (Wildman–Crippen MR) is 261 cm³/mol. The first-order valence-electron chi connectivity index (χ1n) is 21.9. The summed E-state index contributed by atoms with van der Waals surface area (Å²) < 4.78 is 2.43. The Kier molecular flexibility index (Phi) is 7.96. The minimum atomic E-state index is -0.113. The maximum atomic E-state index is 2.47. The number of rotatable bonds is 6. The third-order valence-electron chi connectivity index (χ3n) is 14.0. The Morgan fingerprint density at radius 2 is 0.903 bits per heavy atom. The number of nitrogens with zero attached hydrogens (tertiary/aromatic N) is 2. The SMILES string of the molecule is CC1(C)c2ccccc2-c2ccc(-c3ccc(N(c4ccc(-c5cccc6c7ccccc7n(-c7ccccc7)c56)cc4)c4cccc5c4-c4ccccc4C5(C)C)cc3)cc21. The summed E-state index contributed by atoms with van der Waals surface area (Å²) in [4.78, 5) is 2.47. The molecule has 296 valence electrons. The van der Waals surface area contributed by atoms with Crippen molar-refractivity contribution in [2.75, 3.05) is 4.90 Å². The van der Waals surface area contributed by atoms with Crippen LogP contribution >= 0.6 is 0 Å². The van der Waals surface area contributed by atoms with E-state index in [4.69, 9.17) is 0 Å². The zero-order valence-corrected chi connectivity index (χ0v) is 35.5. The van der Waals surface area contributed by atoms with Crippen LogP contribution in [0.1, 0.15) is 49.9 Å². The smallest absolute Gasteiger partial charge is 0.0619 e. The molecule has 2 aliphatic rings. The molecule has 0 saturated heterocycles. The summed E-state index contributed by atoms with van der Waals surface area (Å²) in [6.07, 6.45) is 0. The highest BCUT2D eigenvalue weighted by Crippen LogP contribution is 2.55. The van der Waals surface area contributed by atoms with Crippen molar-refractivity contribution >= 4 is 38.9 Å². The summed E-state index contributed by atoms with van der Waals surface area (Å²) in [5, 5.41) is 2.51. The molecule has 10 aromatic rings. The summed E-state index contributed by atoms with van der Waals surface area (Å²) in [6.45, 7) is 9.44. The van der Waals surface area contributed by atoms with E-state index in [9.17, 15) is 0 Å². The molecule has 2 heteroatoms. The minimum absolute atomic E-state index is 0.0494. The molecule has 0 fully saturated rings. The van der Waals surface area contributed by atoms with E-state index < -0.39 is 0 Å². The third kappa shape index (κ3) is 5.29. The Labute approximate surface area is 364 Å². The van der Waals surface area contributed by atoms with E-state index >= 15 is 0 Å². The molecule has 0 radical (unpaired) electrons. The normalized spacial score (nSPS) is 14.1. The van der Waals surface area contributed by atoms with Crippen LogP contribution in [0.4, 0.5) is 17.1 Å². The van der Waals surface area contributed by atoms with Gasteiger partial charge in [-0.15, -0.1) is 0 Å². The molecule has 0 N–H and O–H groups in total. The maximum Gasteiger partial charge on any atom is 0.0619 e. The van der Waals surface area contributed by atoms with Gasteiger partial charge in [-0.2, -0.15) is 0 Å². The van der Waals surface area contributed by atoms with Crippen LogP contribution in [0.5, 0.6) is 0 Å². The molecule has 0 unspecified atom stereocenters. The van der Waals surface area contributed by atoms with Gasteiger partial charge in [0.1, 0.15) is 0 Å². The van der Waals surface area contributed by atoms with Crippen molar-refractivity contribution in [3.05, 3.63) is 229 Å². The van der Waals surface area contributed by atoms with Crippen molar-refractivity contribution < 1.29 is 0 Å². The van der Waals surface area contributed by atoms with Gasteiger partial charge in [-0.3, -0.25) is 0 Å². The topological polar surface area (TPSA) is 8.17 Å². The second kappa shape index (κ2) is 13.5. The average molecular weight is 795 g/mol. The van der Waals surface area contributed by atoms with Crippen molar-refractivity contribution in [1.82, 2.24) is 4.57 Å². The number of anilines is 3. The van der Waals surface area contributed by atoms with E-state index in [1.165, 1.54) is 94.3 Å². The van der Waals surface area contributed by atoms with Gasteiger partial charge in [0, 0.05) is 49.8 Å². The number of benzene rings is 9. The molecule has 0 amide bonds. The van der Waals surface area contributed by atoms with Crippen molar-refractivity contribution in [2.24, 2.45) is 0 Å². The van der Waals surface area contributed by atoms with Gasteiger partial charge < -0.3 is 9.47 Å². The van der Waals surface area contributed by atoms with Gasteiger partial charge in [0.25, 0.3) is 0 Å². The molecule has 0 saturated carbocycles. The molecule has 0 bridgehead atoms. The third-order valence-corrected chi connectivity index (χ3v) is 14.0. The highest BCUT2D eigenvalue weighted by molar-refractivity contribution is 6.14. The Balaban J connectivity index is 1.00. The zero-order valence-electron chi connectivity index (χ0n) is 35.5. The molecule has 0 atom stereocenters. The van der Waals surface area contributed by atoms with Crippen LogP contribution in [0.3, 0.4) is 0 Å². The zero-order chi connectivity index (χ0) is 41.7. The Morgan fingerprint density at radius 1 is 0.371 bits per heavy atom. The van der Waals surface area contributed by atoms with Gasteiger partial charge in [-0.05, 0) is 110 Å². The molecule has 1 heterocycles. The van der Waals surface area contributed by atoms with E-state index in [1.807, 2.05) is 0 Å². The lowest BCUT2D eigenvalue weighted by molar-refractivity contribution is 0.660. The summed E-state index contributed by atoms with van der Waals surface area (Å²) in [6, 6.07) is 76.5. The van der Waals surface area contributed by atoms with E-state index in [-0.39, 0.29) is 10.8 Å². The molecule has 2 aliphatic carbocycles. The second-order valence-electron chi connectivity index (χ2n) is 18.1. The van der Waals surface area contributed by atoms with Gasteiger partial charge in [-0.1, -0.05) is 179 Å². The first-order valence-corrected chi connectivity index (χ1v) is 21.9. The van der Waals surface area contributed by atoms with Crippen molar-refractivity contribution in [2.45, 2.75) is 38.5 Å². The molecule has 1 aromatic heterocycles. The summed E-state index contributed by atoms with van der Waals surface area (Å²) >= 11 is 0. The fraction of sp³-hybridized carbons (Fsp3) is 0.100. The molecule has 2 nitrogen and oxygen atoms in total. The van der Waals surface area contributed by atoms with E-state index in [2.05, 4.69) is 243 Å². The molecule has 0 spiro atoms. The van der Waals surface area contributed by atoms with E-state index in [1.54, 1.807) is 0 Å². The molecule has 9 aromatic carbocycles. The monoisotopic (exact) mass is 794 g/mol. The minimum Gasteiger partial charge on any atom is -0.310 e. The van der Waals surface area contributed by atoms with Gasteiger partial charge in [0.2, 0.25) is 0 Å². The van der Waals surface area contributed by atoms with Gasteiger partial charge >= 0.3 is 0 Å². The van der Waals surface area contributed by atoms with E-state index in [0.717, 1.165) is 17.1 Å². The fourth-order valence-corrected chi connectivity index (χ4v) is 10.9. The van der Waals surface area contributed by atoms with Gasteiger partial charge in [0.05, 0.1) is 16.7 Å². The highest BCUT2D eigenvalue weighted by Gasteiger charge is 2.38. The number of fused-ring (bicyclic) bond motifs is 9. The molecular weight excluding hydrogens is 749 g/mol. The molecular formula is C60H46N2. The Bertz CT molecular complexity index is 3380. The van der Waals surface area contributed by atoms with E-state index in [0.29, 0.717) is 0 Å². The summed E-state index contributed by atoms with van der Waals surface area (Å²) in [7, 11) is 0. The number of hydrogen-bond acceptors (Lipinski definition) is 1. The Morgan fingerprint density at radius 3 is 1.66 bits per heavy atom. The first-order chi connectivity index (χ1) is 30.3. The van der Waals surface area contributed by atoms with Crippen LogP contribution in [0.2, 0.25) is 0 Å². The van der Waals surface area contributed by atoms with Crippen molar-refractivity contribution in [3.63, 3.8) is 0 Å². The molecule has 12 rings (SSSR count). The lowest BCUT2D eigenvalue weighted by Gasteiger charge is -2.29. The maximum absolute atomic E-state index is 2.47. The fourth-order valence-electron chi connectivity index (χ4n) is 10.9. The highest BCUT2D eigenvalue weighted by atomic mass is 15.1. The van der Waals surface area contributed by atoms with Gasteiger partial charge in [0.15, 0.2) is 0 Å². The first kappa shape index (κ1) is 36.4. The van der Waals surface area contributed by atoms with Crippen LogP contribution in [0.15, 0.2) is 206 Å². The number of para-hydroxylation sites is 3. The summed E-state index contributed by atoms with van der Waals surface area (Å²) in [5.74, 6) is 0.